The van der Waals surface area contributed by atoms with Crippen LogP contribution in [0.5, 0.6) is 0 Å². The Morgan fingerprint density at radius 2 is 0.800 bits per heavy atom. The van der Waals surface area contributed by atoms with Gasteiger partial charge in [0.1, 0.15) is 0 Å². The molecule has 5 heteroatoms. The quantitative estimate of drug-likeness (QED) is 0.496. The second-order valence-corrected chi connectivity index (χ2v) is 6.19. The molecule has 0 fully saturated rings. The van der Waals surface area contributed by atoms with E-state index in [-0.39, 0.29) is 0 Å². The molecule has 0 unspecified atom stereocenters. The third-order valence-corrected chi connectivity index (χ3v) is 2.68. The van der Waals surface area contributed by atoms with E-state index >= 15 is 0 Å². The van der Waals surface area contributed by atoms with Crippen LogP contribution in [-0.4, -0.2) is 11.7 Å². The van der Waals surface area contributed by atoms with Crippen LogP contribution in [0.1, 0.15) is 41.5 Å². The van der Waals surface area contributed by atoms with E-state index in [0.717, 1.165) is 0 Å². The summed E-state index contributed by atoms with van der Waals surface area (Å²) in [5, 5.41) is 0. The average molecular weight is 218 g/mol. The van der Waals surface area contributed by atoms with Crippen molar-refractivity contribution in [3.8, 4) is 0 Å². The molecule has 0 aliphatic rings. The molecule has 0 aromatic rings. The minimum Gasteiger partial charge on any atom is -0.313 e. The van der Waals surface area contributed by atoms with Crippen LogP contribution in [0.25, 0.3) is 0 Å². The topological polar surface area (TPSA) is 113 Å². The van der Waals surface area contributed by atoms with Crippen molar-refractivity contribution in [1.29, 1.82) is 0 Å². The van der Waals surface area contributed by atoms with Crippen LogP contribution >= 0.6 is 0 Å². The smallest absolute Gasteiger partial charge is 0.178 e. The number of nitrogens with two attached hydrogens (primary N) is 4. The molecule has 15 heavy (non-hydrogen) atoms. The first-order chi connectivity index (χ1) is 6.21. The zero-order chi connectivity index (χ0) is 12.7. The van der Waals surface area contributed by atoms with E-state index in [1.807, 2.05) is 41.5 Å². The summed E-state index contributed by atoms with van der Waals surface area (Å²) >= 11 is 0. The first-order valence-electron chi connectivity index (χ1n) is 5.06. The number of ether oxygens (including phenoxy) is 1. The molecule has 8 N–H and O–H groups in total. The lowest BCUT2D eigenvalue weighted by atomic mass is 9.87. The molecule has 92 valence electrons. The average Bonchev–Trinajstić information content (AvgIpc) is 1.77. The Balaban J connectivity index is 4.89. The van der Waals surface area contributed by atoms with Gasteiger partial charge in [0.05, 0.1) is 0 Å². The highest BCUT2D eigenvalue weighted by atomic mass is 16.6. The van der Waals surface area contributed by atoms with Crippen molar-refractivity contribution >= 4 is 0 Å². The lowest BCUT2D eigenvalue weighted by Crippen LogP contribution is -2.72. The Bertz CT molecular complexity index is 199. The third kappa shape index (κ3) is 3.39. The van der Waals surface area contributed by atoms with Gasteiger partial charge in [-0.3, -0.25) is 22.9 Å². The van der Waals surface area contributed by atoms with Gasteiger partial charge in [0, 0.05) is 10.8 Å². The van der Waals surface area contributed by atoms with Crippen molar-refractivity contribution in [3.63, 3.8) is 0 Å². The van der Waals surface area contributed by atoms with Crippen LogP contribution in [0.15, 0.2) is 0 Å². The van der Waals surface area contributed by atoms with E-state index in [0.29, 0.717) is 0 Å². The van der Waals surface area contributed by atoms with Gasteiger partial charge in [-0.05, 0) is 0 Å². The summed E-state index contributed by atoms with van der Waals surface area (Å²) in [5.74, 6) is -2.74. The summed E-state index contributed by atoms with van der Waals surface area (Å²) in [7, 11) is 0. The number of hydrogen-bond donors (Lipinski definition) is 4. The third-order valence-electron chi connectivity index (χ3n) is 2.68. The predicted octanol–water partition coefficient (Wildman–Crippen LogP) is 0.238. The molecular formula is C10H26N4O. The maximum Gasteiger partial charge on any atom is 0.178 e. The predicted molar refractivity (Wildman–Crippen MR) is 62.2 cm³/mol. The summed E-state index contributed by atoms with van der Waals surface area (Å²) in [5.41, 5.74) is 22.6. The van der Waals surface area contributed by atoms with Gasteiger partial charge in [0.15, 0.2) is 11.7 Å². The van der Waals surface area contributed by atoms with Gasteiger partial charge in [-0.2, -0.15) is 0 Å². The van der Waals surface area contributed by atoms with Crippen molar-refractivity contribution < 1.29 is 4.74 Å². The van der Waals surface area contributed by atoms with E-state index < -0.39 is 22.5 Å². The van der Waals surface area contributed by atoms with Crippen LogP contribution in [0, 0.1) is 10.8 Å². The molecule has 0 bridgehead atoms. The first-order valence-corrected chi connectivity index (χ1v) is 5.06. The van der Waals surface area contributed by atoms with Crippen LogP contribution in [0.4, 0.5) is 0 Å². The van der Waals surface area contributed by atoms with Crippen LogP contribution in [0.2, 0.25) is 0 Å². The fourth-order valence-corrected chi connectivity index (χ4v) is 0.586. The highest BCUT2D eigenvalue weighted by molar-refractivity contribution is 4.88. The van der Waals surface area contributed by atoms with Gasteiger partial charge in [0.2, 0.25) is 0 Å². The zero-order valence-corrected chi connectivity index (χ0v) is 10.7. The molecule has 0 aliphatic carbocycles. The monoisotopic (exact) mass is 218 g/mol. The second-order valence-electron chi connectivity index (χ2n) is 6.19. The van der Waals surface area contributed by atoms with E-state index in [1.165, 1.54) is 0 Å². The Kier molecular flexibility index (Phi) is 3.63. The Labute approximate surface area is 92.5 Å². The van der Waals surface area contributed by atoms with Crippen molar-refractivity contribution in [2.75, 3.05) is 0 Å². The molecule has 5 nitrogen and oxygen atoms in total. The first kappa shape index (κ1) is 14.8. The Morgan fingerprint density at radius 3 is 0.933 bits per heavy atom. The lowest BCUT2D eigenvalue weighted by Gasteiger charge is -2.47. The molecule has 0 radical (unpaired) electrons. The molecule has 0 aromatic heterocycles. The Hall–Kier alpha value is -0.200. The molecular weight excluding hydrogens is 192 g/mol. The van der Waals surface area contributed by atoms with Crippen molar-refractivity contribution in [2.24, 2.45) is 33.8 Å². The van der Waals surface area contributed by atoms with Gasteiger partial charge in [-0.25, -0.2) is 0 Å². The standard InChI is InChI=1S/C10H26N4O/c1-7(2,3)9(11,12)15-10(13,14)8(4,5)6/h11-14H2,1-6H3. The largest absolute Gasteiger partial charge is 0.313 e. The summed E-state index contributed by atoms with van der Waals surface area (Å²) in [6.45, 7) is 11.2. The van der Waals surface area contributed by atoms with Gasteiger partial charge in [0.25, 0.3) is 0 Å². The number of hydrogen-bond acceptors (Lipinski definition) is 5. The fourth-order valence-electron chi connectivity index (χ4n) is 0.586. The van der Waals surface area contributed by atoms with Gasteiger partial charge >= 0.3 is 0 Å². The molecule has 0 heterocycles. The molecule has 0 saturated heterocycles. The summed E-state index contributed by atoms with van der Waals surface area (Å²) in [6.07, 6.45) is 0. The highest BCUT2D eigenvalue weighted by Gasteiger charge is 2.46. The molecule has 0 atom stereocenters. The van der Waals surface area contributed by atoms with Crippen LogP contribution in [0.3, 0.4) is 0 Å². The van der Waals surface area contributed by atoms with Gasteiger partial charge in [-0.1, -0.05) is 41.5 Å². The fraction of sp³-hybridized carbons (Fsp3) is 1.00. The zero-order valence-electron chi connectivity index (χ0n) is 10.7. The normalized spacial score (nSPS) is 15.6. The van der Waals surface area contributed by atoms with Crippen LogP contribution < -0.4 is 22.9 Å². The maximum atomic E-state index is 5.87. The maximum absolute atomic E-state index is 5.87. The summed E-state index contributed by atoms with van der Waals surface area (Å²) in [4.78, 5) is 0. The van der Waals surface area contributed by atoms with Crippen molar-refractivity contribution in [1.82, 2.24) is 0 Å². The van der Waals surface area contributed by atoms with Crippen molar-refractivity contribution in [3.05, 3.63) is 0 Å². The molecule has 0 saturated carbocycles. The Morgan fingerprint density at radius 1 is 0.600 bits per heavy atom. The minimum absolute atomic E-state index is 0.456. The lowest BCUT2D eigenvalue weighted by molar-refractivity contribution is -0.229. The molecule has 0 aliphatic heterocycles. The van der Waals surface area contributed by atoms with Crippen molar-refractivity contribution in [2.45, 2.75) is 53.2 Å². The summed E-state index contributed by atoms with van der Waals surface area (Å²) in [6, 6.07) is 0. The van der Waals surface area contributed by atoms with Gasteiger partial charge < -0.3 is 4.74 Å². The van der Waals surface area contributed by atoms with E-state index in [1.54, 1.807) is 0 Å². The molecule has 0 rings (SSSR count). The second kappa shape index (κ2) is 3.68. The van der Waals surface area contributed by atoms with E-state index in [9.17, 15) is 0 Å². The SMILES string of the molecule is CC(C)(C)C(N)(N)OC(N)(N)C(C)(C)C. The highest BCUT2D eigenvalue weighted by Crippen LogP contribution is 2.32. The molecule has 0 spiro atoms. The van der Waals surface area contributed by atoms with E-state index in [4.69, 9.17) is 27.7 Å². The molecule has 0 amide bonds. The summed E-state index contributed by atoms with van der Waals surface area (Å²) < 4.78 is 5.47. The number of rotatable bonds is 2. The minimum atomic E-state index is -1.37. The molecule has 0 aromatic carbocycles. The van der Waals surface area contributed by atoms with Gasteiger partial charge in [-0.15, -0.1) is 0 Å². The van der Waals surface area contributed by atoms with Crippen LogP contribution in [-0.2, 0) is 4.74 Å². The van der Waals surface area contributed by atoms with E-state index in [2.05, 4.69) is 0 Å².